The summed E-state index contributed by atoms with van der Waals surface area (Å²) in [6.45, 7) is 1.26. The van der Waals surface area contributed by atoms with Gasteiger partial charge in [0.25, 0.3) is 0 Å². The number of amides is 2. The SMILES string of the molecule is CC(NC(=O)Nc1ccc(C(F)(F)F)cc1)C(=O)O. The molecule has 5 nitrogen and oxygen atoms in total. The predicted octanol–water partition coefficient (Wildman–Crippen LogP) is 2.30. The van der Waals surface area contributed by atoms with Gasteiger partial charge in [0.1, 0.15) is 6.04 Å². The van der Waals surface area contributed by atoms with Crippen LogP contribution in [0.3, 0.4) is 0 Å². The molecule has 0 bridgehead atoms. The van der Waals surface area contributed by atoms with Crippen molar-refractivity contribution in [1.29, 1.82) is 0 Å². The van der Waals surface area contributed by atoms with Gasteiger partial charge in [-0.3, -0.25) is 4.79 Å². The number of carbonyl (C=O) groups excluding carboxylic acids is 1. The van der Waals surface area contributed by atoms with Gasteiger partial charge in [0.15, 0.2) is 0 Å². The van der Waals surface area contributed by atoms with Crippen LogP contribution >= 0.6 is 0 Å². The van der Waals surface area contributed by atoms with Crippen molar-refractivity contribution in [1.82, 2.24) is 5.32 Å². The number of carbonyl (C=O) groups is 2. The van der Waals surface area contributed by atoms with Gasteiger partial charge in [-0.25, -0.2) is 4.79 Å². The molecule has 0 aliphatic rings. The molecule has 0 aliphatic carbocycles. The van der Waals surface area contributed by atoms with Gasteiger partial charge >= 0.3 is 18.2 Å². The summed E-state index contributed by atoms with van der Waals surface area (Å²) in [5, 5.41) is 12.9. The van der Waals surface area contributed by atoms with E-state index in [0.717, 1.165) is 24.3 Å². The molecule has 1 unspecified atom stereocenters. The minimum Gasteiger partial charge on any atom is -0.480 e. The number of carboxylic acid groups (broad SMARTS) is 1. The molecule has 0 aromatic heterocycles. The number of alkyl halides is 3. The molecule has 104 valence electrons. The second-order valence-corrected chi connectivity index (χ2v) is 3.73. The first-order valence-corrected chi connectivity index (χ1v) is 5.17. The monoisotopic (exact) mass is 276 g/mol. The van der Waals surface area contributed by atoms with E-state index in [0.29, 0.717) is 0 Å². The van der Waals surface area contributed by atoms with Crippen LogP contribution < -0.4 is 10.6 Å². The summed E-state index contributed by atoms with van der Waals surface area (Å²) in [5.74, 6) is -1.22. The molecule has 1 aromatic carbocycles. The van der Waals surface area contributed by atoms with E-state index >= 15 is 0 Å². The standard InChI is InChI=1S/C11H11F3N2O3/c1-6(9(17)18)15-10(19)16-8-4-2-7(3-5-8)11(12,13)14/h2-6H,1H3,(H,17,18)(H2,15,16,19). The molecule has 0 saturated carbocycles. The molecule has 0 fully saturated rings. The van der Waals surface area contributed by atoms with Crippen LogP contribution in [-0.4, -0.2) is 23.1 Å². The summed E-state index contributed by atoms with van der Waals surface area (Å²) in [6.07, 6.45) is -4.45. The summed E-state index contributed by atoms with van der Waals surface area (Å²) < 4.78 is 36.8. The number of halogens is 3. The van der Waals surface area contributed by atoms with E-state index in [-0.39, 0.29) is 5.69 Å². The first kappa shape index (κ1) is 14.8. The second kappa shape index (κ2) is 5.59. The van der Waals surface area contributed by atoms with Crippen LogP contribution in [0.1, 0.15) is 12.5 Å². The zero-order chi connectivity index (χ0) is 14.6. The molecule has 0 saturated heterocycles. The lowest BCUT2D eigenvalue weighted by atomic mass is 10.2. The van der Waals surface area contributed by atoms with E-state index in [2.05, 4.69) is 10.6 Å². The van der Waals surface area contributed by atoms with E-state index in [9.17, 15) is 22.8 Å². The third-order valence-corrected chi connectivity index (χ3v) is 2.19. The van der Waals surface area contributed by atoms with Gasteiger partial charge in [-0.15, -0.1) is 0 Å². The number of hydrogen-bond acceptors (Lipinski definition) is 2. The molecule has 0 heterocycles. The van der Waals surface area contributed by atoms with Gasteiger partial charge in [0, 0.05) is 5.69 Å². The first-order valence-electron chi connectivity index (χ1n) is 5.17. The average Bonchev–Trinajstić information content (AvgIpc) is 2.28. The number of anilines is 1. The molecule has 0 aliphatic heterocycles. The normalized spacial score (nSPS) is 12.6. The van der Waals surface area contributed by atoms with Crippen molar-refractivity contribution < 1.29 is 27.9 Å². The van der Waals surface area contributed by atoms with Crippen molar-refractivity contribution in [2.24, 2.45) is 0 Å². The fourth-order valence-corrected chi connectivity index (χ4v) is 1.17. The Hall–Kier alpha value is -2.25. The molecular weight excluding hydrogens is 265 g/mol. The van der Waals surface area contributed by atoms with Gasteiger partial charge in [0.05, 0.1) is 5.56 Å². The van der Waals surface area contributed by atoms with Crippen LogP contribution in [0, 0.1) is 0 Å². The number of rotatable bonds is 3. The Morgan fingerprint density at radius 3 is 2.16 bits per heavy atom. The van der Waals surface area contributed by atoms with Crippen molar-refractivity contribution in [3.8, 4) is 0 Å². The van der Waals surface area contributed by atoms with E-state index in [1.807, 2.05) is 0 Å². The molecular formula is C11H11F3N2O3. The summed E-state index contributed by atoms with van der Waals surface area (Å²) in [6, 6.07) is 1.87. The second-order valence-electron chi connectivity index (χ2n) is 3.73. The van der Waals surface area contributed by atoms with Crippen LogP contribution in [-0.2, 0) is 11.0 Å². The summed E-state index contributed by atoms with van der Waals surface area (Å²) >= 11 is 0. The summed E-state index contributed by atoms with van der Waals surface area (Å²) in [7, 11) is 0. The van der Waals surface area contributed by atoms with Crippen LogP contribution in [0.2, 0.25) is 0 Å². The lowest BCUT2D eigenvalue weighted by molar-refractivity contribution is -0.139. The number of benzene rings is 1. The summed E-state index contributed by atoms with van der Waals surface area (Å²) in [4.78, 5) is 21.8. The molecule has 19 heavy (non-hydrogen) atoms. The third-order valence-electron chi connectivity index (χ3n) is 2.19. The molecule has 0 radical (unpaired) electrons. The maximum absolute atomic E-state index is 12.3. The highest BCUT2D eigenvalue weighted by atomic mass is 19.4. The average molecular weight is 276 g/mol. The van der Waals surface area contributed by atoms with Crippen LogP contribution in [0.4, 0.5) is 23.7 Å². The van der Waals surface area contributed by atoms with Gasteiger partial charge in [-0.05, 0) is 31.2 Å². The minimum atomic E-state index is -4.45. The van der Waals surface area contributed by atoms with E-state index in [1.54, 1.807) is 0 Å². The van der Waals surface area contributed by atoms with Crippen LogP contribution in [0.5, 0.6) is 0 Å². The molecule has 8 heteroatoms. The maximum atomic E-state index is 12.3. The van der Waals surface area contributed by atoms with Crippen LogP contribution in [0.25, 0.3) is 0 Å². The third kappa shape index (κ3) is 4.49. The Morgan fingerprint density at radius 1 is 1.21 bits per heavy atom. The number of hydrogen-bond donors (Lipinski definition) is 3. The van der Waals surface area contributed by atoms with Gasteiger partial charge in [-0.2, -0.15) is 13.2 Å². The lowest BCUT2D eigenvalue weighted by Gasteiger charge is -2.11. The number of nitrogens with one attached hydrogen (secondary N) is 2. The highest BCUT2D eigenvalue weighted by Gasteiger charge is 2.30. The Labute approximate surface area is 106 Å². The Balaban J connectivity index is 2.63. The number of aliphatic carboxylic acids is 1. The highest BCUT2D eigenvalue weighted by molar-refractivity contribution is 5.92. The minimum absolute atomic E-state index is 0.128. The largest absolute Gasteiger partial charge is 0.480 e. The quantitative estimate of drug-likeness (QED) is 0.792. The molecule has 0 spiro atoms. The molecule has 1 aromatic rings. The lowest BCUT2D eigenvalue weighted by Crippen LogP contribution is -2.40. The highest BCUT2D eigenvalue weighted by Crippen LogP contribution is 2.29. The smallest absolute Gasteiger partial charge is 0.416 e. The number of urea groups is 1. The van der Waals surface area contributed by atoms with Gasteiger partial charge in [-0.1, -0.05) is 0 Å². The van der Waals surface area contributed by atoms with Crippen molar-refractivity contribution in [2.45, 2.75) is 19.1 Å². The maximum Gasteiger partial charge on any atom is 0.416 e. The fourth-order valence-electron chi connectivity index (χ4n) is 1.17. The van der Waals surface area contributed by atoms with Crippen molar-refractivity contribution in [3.63, 3.8) is 0 Å². The predicted molar refractivity (Wildman–Crippen MR) is 60.7 cm³/mol. The van der Waals surface area contributed by atoms with E-state index in [4.69, 9.17) is 5.11 Å². The Morgan fingerprint density at radius 2 is 1.74 bits per heavy atom. The molecule has 3 N–H and O–H groups in total. The Kier molecular flexibility index (Phi) is 4.36. The molecule has 2 amide bonds. The van der Waals surface area contributed by atoms with E-state index in [1.165, 1.54) is 6.92 Å². The fraction of sp³-hybridized carbons (Fsp3) is 0.273. The van der Waals surface area contributed by atoms with Crippen molar-refractivity contribution in [3.05, 3.63) is 29.8 Å². The van der Waals surface area contributed by atoms with Crippen molar-refractivity contribution in [2.75, 3.05) is 5.32 Å². The number of carboxylic acids is 1. The van der Waals surface area contributed by atoms with Gasteiger partial charge < -0.3 is 15.7 Å². The first-order chi connectivity index (χ1) is 8.70. The van der Waals surface area contributed by atoms with Crippen LogP contribution in [0.15, 0.2) is 24.3 Å². The zero-order valence-electron chi connectivity index (χ0n) is 9.78. The molecule has 1 atom stereocenters. The molecule has 1 rings (SSSR count). The Bertz CT molecular complexity index is 471. The summed E-state index contributed by atoms with van der Waals surface area (Å²) in [5.41, 5.74) is -0.708. The van der Waals surface area contributed by atoms with Crippen molar-refractivity contribution >= 4 is 17.7 Å². The van der Waals surface area contributed by atoms with E-state index < -0.39 is 29.8 Å². The topological polar surface area (TPSA) is 78.4 Å². The zero-order valence-corrected chi connectivity index (χ0v) is 9.78. The van der Waals surface area contributed by atoms with Gasteiger partial charge in [0.2, 0.25) is 0 Å².